The molecule has 4 heteroatoms. The Balaban J connectivity index is 1.79. The summed E-state index contributed by atoms with van der Waals surface area (Å²) in [5.41, 5.74) is 0.219. The quantitative estimate of drug-likeness (QED) is 0.825. The van der Waals surface area contributed by atoms with Crippen LogP contribution in [-0.4, -0.2) is 22.1 Å². The second kappa shape index (κ2) is 5.58. The van der Waals surface area contributed by atoms with Crippen molar-refractivity contribution in [3.05, 3.63) is 11.9 Å². The van der Waals surface area contributed by atoms with Crippen LogP contribution in [0.15, 0.2) is 6.07 Å². The van der Waals surface area contributed by atoms with Crippen LogP contribution in [0.4, 0.5) is 11.6 Å². The average Bonchev–Trinajstić information content (AvgIpc) is 3.19. The minimum absolute atomic E-state index is 0.219. The molecule has 1 aromatic heterocycles. The average molecular weight is 274 g/mol. The van der Waals surface area contributed by atoms with E-state index in [0.717, 1.165) is 30.4 Å². The van der Waals surface area contributed by atoms with Crippen LogP contribution in [0, 0.1) is 0 Å². The van der Waals surface area contributed by atoms with Crippen LogP contribution >= 0.6 is 0 Å². The molecule has 0 aromatic carbocycles. The van der Waals surface area contributed by atoms with Crippen molar-refractivity contribution in [3.8, 4) is 0 Å². The van der Waals surface area contributed by atoms with Crippen LogP contribution in [0.3, 0.4) is 0 Å². The van der Waals surface area contributed by atoms with E-state index in [0.29, 0.717) is 5.92 Å². The summed E-state index contributed by atoms with van der Waals surface area (Å²) >= 11 is 0. The predicted octanol–water partition coefficient (Wildman–Crippen LogP) is 3.92. The van der Waals surface area contributed by atoms with Gasteiger partial charge in [0.15, 0.2) is 0 Å². The molecule has 0 amide bonds. The summed E-state index contributed by atoms with van der Waals surface area (Å²) in [6.07, 6.45) is 8.74. The Hall–Kier alpha value is -1.32. The maximum atomic E-state index is 4.75. The van der Waals surface area contributed by atoms with E-state index in [1.165, 1.54) is 38.5 Å². The summed E-state index contributed by atoms with van der Waals surface area (Å²) in [6, 6.07) is 2.07. The van der Waals surface area contributed by atoms with E-state index in [-0.39, 0.29) is 5.54 Å². The SMILES string of the molecule is CCCNc1cc(NC2(C)CCCC2)nc(C2CC2)n1. The fraction of sp³-hybridized carbons (Fsp3) is 0.750. The van der Waals surface area contributed by atoms with Gasteiger partial charge in [0.2, 0.25) is 0 Å². The summed E-state index contributed by atoms with van der Waals surface area (Å²) in [5.74, 6) is 3.60. The topological polar surface area (TPSA) is 49.8 Å². The first-order valence-corrected chi connectivity index (χ1v) is 8.09. The molecule has 1 aromatic rings. The standard InChI is InChI=1S/C16H26N4/c1-3-10-17-13-11-14(19-15(18-13)12-6-7-12)20-16(2)8-4-5-9-16/h11-12H,3-10H2,1-2H3,(H2,17,18,19,20). The number of aromatic nitrogens is 2. The maximum Gasteiger partial charge on any atom is 0.136 e. The fourth-order valence-electron chi connectivity index (χ4n) is 2.99. The Labute approximate surface area is 121 Å². The molecule has 4 nitrogen and oxygen atoms in total. The minimum Gasteiger partial charge on any atom is -0.370 e. The molecule has 0 radical (unpaired) electrons. The lowest BCUT2D eigenvalue weighted by atomic mass is 10.0. The number of hydrogen-bond acceptors (Lipinski definition) is 4. The Bertz CT molecular complexity index is 462. The second-order valence-corrected chi connectivity index (χ2v) is 6.59. The third kappa shape index (κ3) is 3.22. The number of anilines is 2. The molecule has 20 heavy (non-hydrogen) atoms. The van der Waals surface area contributed by atoms with Crippen molar-refractivity contribution in [2.24, 2.45) is 0 Å². The third-order valence-electron chi connectivity index (χ3n) is 4.38. The Kier molecular flexibility index (Phi) is 3.81. The summed E-state index contributed by atoms with van der Waals surface area (Å²) in [7, 11) is 0. The molecule has 0 unspecified atom stereocenters. The van der Waals surface area contributed by atoms with E-state index in [1.54, 1.807) is 0 Å². The van der Waals surface area contributed by atoms with E-state index in [4.69, 9.17) is 4.98 Å². The van der Waals surface area contributed by atoms with Crippen molar-refractivity contribution in [3.63, 3.8) is 0 Å². The van der Waals surface area contributed by atoms with E-state index in [9.17, 15) is 0 Å². The smallest absolute Gasteiger partial charge is 0.136 e. The largest absolute Gasteiger partial charge is 0.370 e. The normalized spacial score (nSPS) is 20.9. The summed E-state index contributed by atoms with van der Waals surface area (Å²) < 4.78 is 0. The molecule has 0 atom stereocenters. The second-order valence-electron chi connectivity index (χ2n) is 6.59. The van der Waals surface area contributed by atoms with Gasteiger partial charge < -0.3 is 10.6 Å². The van der Waals surface area contributed by atoms with Crippen molar-refractivity contribution in [2.45, 2.75) is 70.3 Å². The summed E-state index contributed by atoms with van der Waals surface area (Å²) in [5, 5.41) is 7.07. The molecule has 2 aliphatic carbocycles. The number of rotatable bonds is 6. The van der Waals surface area contributed by atoms with Crippen LogP contribution < -0.4 is 10.6 Å². The van der Waals surface area contributed by atoms with Crippen molar-refractivity contribution in [1.82, 2.24) is 9.97 Å². The van der Waals surface area contributed by atoms with Crippen LogP contribution in [0.2, 0.25) is 0 Å². The minimum atomic E-state index is 0.219. The van der Waals surface area contributed by atoms with Gasteiger partial charge in [-0.05, 0) is 39.0 Å². The van der Waals surface area contributed by atoms with Gasteiger partial charge in [0.05, 0.1) is 0 Å². The first-order chi connectivity index (χ1) is 9.68. The first kappa shape index (κ1) is 13.7. The van der Waals surface area contributed by atoms with Gasteiger partial charge in [-0.2, -0.15) is 0 Å². The first-order valence-electron chi connectivity index (χ1n) is 8.09. The molecule has 0 saturated heterocycles. The lowest BCUT2D eigenvalue weighted by Crippen LogP contribution is -2.31. The molecule has 0 aliphatic heterocycles. The molecular formula is C16H26N4. The molecule has 2 fully saturated rings. The summed E-state index contributed by atoms with van der Waals surface area (Å²) in [6.45, 7) is 5.46. The lowest BCUT2D eigenvalue weighted by Gasteiger charge is -2.26. The predicted molar refractivity (Wildman–Crippen MR) is 83.3 cm³/mol. The van der Waals surface area contributed by atoms with E-state index in [1.807, 2.05) is 0 Å². The van der Waals surface area contributed by atoms with Gasteiger partial charge in [0.1, 0.15) is 17.5 Å². The van der Waals surface area contributed by atoms with Crippen LogP contribution in [0.5, 0.6) is 0 Å². The van der Waals surface area contributed by atoms with Gasteiger partial charge in [-0.15, -0.1) is 0 Å². The Morgan fingerprint density at radius 1 is 1.20 bits per heavy atom. The van der Waals surface area contributed by atoms with Crippen LogP contribution in [0.25, 0.3) is 0 Å². The molecule has 0 bridgehead atoms. The zero-order chi connectivity index (χ0) is 14.0. The van der Waals surface area contributed by atoms with Gasteiger partial charge in [-0.3, -0.25) is 0 Å². The van der Waals surface area contributed by atoms with Gasteiger partial charge in [0, 0.05) is 24.1 Å². The Morgan fingerprint density at radius 2 is 1.90 bits per heavy atom. The van der Waals surface area contributed by atoms with Crippen molar-refractivity contribution < 1.29 is 0 Å². The van der Waals surface area contributed by atoms with Crippen molar-refractivity contribution in [2.75, 3.05) is 17.2 Å². The van der Waals surface area contributed by atoms with E-state index >= 15 is 0 Å². The summed E-state index contributed by atoms with van der Waals surface area (Å²) in [4.78, 5) is 9.42. The molecule has 2 aliphatic rings. The number of hydrogen-bond donors (Lipinski definition) is 2. The van der Waals surface area contributed by atoms with E-state index < -0.39 is 0 Å². The van der Waals surface area contributed by atoms with Gasteiger partial charge in [-0.1, -0.05) is 19.8 Å². The number of nitrogens with one attached hydrogen (secondary N) is 2. The van der Waals surface area contributed by atoms with Crippen molar-refractivity contribution in [1.29, 1.82) is 0 Å². The zero-order valence-electron chi connectivity index (χ0n) is 12.7. The monoisotopic (exact) mass is 274 g/mol. The molecule has 3 rings (SSSR count). The van der Waals surface area contributed by atoms with Gasteiger partial charge in [-0.25, -0.2) is 9.97 Å². The molecule has 110 valence electrons. The highest BCUT2D eigenvalue weighted by molar-refractivity contribution is 5.49. The Morgan fingerprint density at radius 3 is 2.55 bits per heavy atom. The van der Waals surface area contributed by atoms with Gasteiger partial charge >= 0.3 is 0 Å². The van der Waals surface area contributed by atoms with Crippen LogP contribution in [-0.2, 0) is 0 Å². The fourth-order valence-corrected chi connectivity index (χ4v) is 2.99. The van der Waals surface area contributed by atoms with E-state index in [2.05, 4.69) is 35.5 Å². The van der Waals surface area contributed by atoms with Gasteiger partial charge in [0.25, 0.3) is 0 Å². The zero-order valence-corrected chi connectivity index (χ0v) is 12.7. The van der Waals surface area contributed by atoms with Crippen molar-refractivity contribution >= 4 is 11.6 Å². The maximum absolute atomic E-state index is 4.75. The number of nitrogens with zero attached hydrogens (tertiary/aromatic N) is 2. The van der Waals surface area contributed by atoms with Crippen LogP contribution in [0.1, 0.15) is 70.5 Å². The lowest BCUT2D eigenvalue weighted by molar-refractivity contribution is 0.530. The highest BCUT2D eigenvalue weighted by Gasteiger charge is 2.31. The third-order valence-corrected chi connectivity index (χ3v) is 4.38. The molecule has 0 spiro atoms. The highest BCUT2D eigenvalue weighted by Crippen LogP contribution is 2.39. The highest BCUT2D eigenvalue weighted by atomic mass is 15.1. The molecular weight excluding hydrogens is 248 g/mol. The molecule has 1 heterocycles. The molecule has 2 saturated carbocycles. The molecule has 2 N–H and O–H groups in total.